The highest BCUT2D eigenvalue weighted by molar-refractivity contribution is 5.62. The first-order chi connectivity index (χ1) is 9.02. The third kappa shape index (κ3) is 3.14. The lowest BCUT2D eigenvalue weighted by molar-refractivity contribution is -0.391. The van der Waals surface area contributed by atoms with E-state index in [-0.39, 0.29) is 6.08 Å². The first-order valence-corrected chi connectivity index (χ1v) is 4.91. The fourth-order valence-corrected chi connectivity index (χ4v) is 1.22. The molecule has 0 aliphatic carbocycles. The molecule has 1 heterocycles. The van der Waals surface area contributed by atoms with E-state index in [4.69, 9.17) is 0 Å². The molecule has 0 aromatic heterocycles. The average Bonchev–Trinajstić information content (AvgIpc) is 2.66. The predicted octanol–water partition coefficient (Wildman–Crippen LogP) is 2.89. The molecule has 4 nitrogen and oxygen atoms in total. The molecule has 1 atom stereocenters. The molecule has 0 aromatic carbocycles. The standard InChI is InChI=1S/C9H7F7O4/c10-5(11)2-1-3-19-7(4-18-6(17)20-7)8(12,13)9(14,15)16/h1-2,5H,3-4H2. The summed E-state index contributed by atoms with van der Waals surface area (Å²) in [7, 11) is 0. The maximum atomic E-state index is 13.3. The van der Waals surface area contributed by atoms with Crippen LogP contribution in [-0.4, -0.2) is 43.7 Å². The van der Waals surface area contributed by atoms with E-state index in [1.807, 2.05) is 0 Å². The minimum Gasteiger partial charge on any atom is -0.427 e. The second kappa shape index (κ2) is 5.46. The third-order valence-electron chi connectivity index (χ3n) is 2.16. The summed E-state index contributed by atoms with van der Waals surface area (Å²) < 4.78 is 98.7. The van der Waals surface area contributed by atoms with Gasteiger partial charge in [0.25, 0.3) is 6.43 Å². The number of alkyl halides is 7. The first-order valence-electron chi connectivity index (χ1n) is 4.91. The summed E-state index contributed by atoms with van der Waals surface area (Å²) in [6.45, 7) is -2.59. The van der Waals surface area contributed by atoms with Crippen LogP contribution in [0, 0.1) is 0 Å². The molecule has 1 saturated heterocycles. The topological polar surface area (TPSA) is 44.8 Å². The number of halogens is 7. The maximum absolute atomic E-state index is 13.3. The van der Waals surface area contributed by atoms with Gasteiger partial charge in [-0.3, -0.25) is 0 Å². The summed E-state index contributed by atoms with van der Waals surface area (Å²) in [4.78, 5) is 10.6. The highest BCUT2D eigenvalue weighted by atomic mass is 19.4. The zero-order valence-corrected chi connectivity index (χ0v) is 9.43. The van der Waals surface area contributed by atoms with Crippen LogP contribution >= 0.6 is 0 Å². The number of rotatable bonds is 5. The summed E-state index contributed by atoms with van der Waals surface area (Å²) in [6, 6.07) is 0. The molecular weight excluding hydrogens is 305 g/mol. The minimum absolute atomic E-state index is 0.205. The quantitative estimate of drug-likeness (QED) is 0.445. The van der Waals surface area contributed by atoms with Crippen molar-refractivity contribution in [3.63, 3.8) is 0 Å². The highest BCUT2D eigenvalue weighted by Gasteiger charge is 2.76. The van der Waals surface area contributed by atoms with Crippen molar-refractivity contribution in [2.24, 2.45) is 0 Å². The SMILES string of the molecule is O=C1OCC(OCC=CC(F)F)(C(F)(F)C(F)(F)F)O1. The van der Waals surface area contributed by atoms with Crippen molar-refractivity contribution < 1.29 is 49.7 Å². The summed E-state index contributed by atoms with van der Waals surface area (Å²) in [5, 5.41) is 0. The Bertz CT molecular complexity index is 392. The zero-order valence-electron chi connectivity index (χ0n) is 9.43. The molecule has 11 heteroatoms. The van der Waals surface area contributed by atoms with E-state index < -0.39 is 43.7 Å². The van der Waals surface area contributed by atoms with Gasteiger partial charge in [-0.25, -0.2) is 13.6 Å². The number of cyclic esters (lactones) is 2. The van der Waals surface area contributed by atoms with Crippen LogP contribution in [0.5, 0.6) is 0 Å². The van der Waals surface area contributed by atoms with Crippen LogP contribution < -0.4 is 0 Å². The molecule has 20 heavy (non-hydrogen) atoms. The summed E-state index contributed by atoms with van der Waals surface area (Å²) in [6.07, 6.45) is -10.1. The largest absolute Gasteiger partial charge is 0.511 e. The molecule has 0 spiro atoms. The summed E-state index contributed by atoms with van der Waals surface area (Å²) in [5.41, 5.74) is 0. The number of allylic oxidation sites excluding steroid dienone is 1. The molecule has 0 aromatic rings. The molecule has 0 radical (unpaired) electrons. The Hall–Kier alpha value is -1.52. The molecule has 1 aliphatic rings. The van der Waals surface area contributed by atoms with E-state index in [0.29, 0.717) is 6.08 Å². The van der Waals surface area contributed by atoms with Crippen LogP contribution in [0.25, 0.3) is 0 Å². The van der Waals surface area contributed by atoms with Gasteiger partial charge in [0.1, 0.15) is 0 Å². The lowest BCUT2D eigenvalue weighted by Crippen LogP contribution is -2.60. The van der Waals surface area contributed by atoms with E-state index in [2.05, 4.69) is 14.2 Å². The molecule has 0 N–H and O–H groups in total. The Morgan fingerprint density at radius 3 is 2.30 bits per heavy atom. The molecule has 1 rings (SSSR count). The molecule has 1 aliphatic heterocycles. The molecule has 0 bridgehead atoms. The van der Waals surface area contributed by atoms with Gasteiger partial charge in [0.15, 0.2) is 6.61 Å². The van der Waals surface area contributed by atoms with Crippen molar-refractivity contribution in [3.05, 3.63) is 12.2 Å². The van der Waals surface area contributed by atoms with Gasteiger partial charge in [-0.1, -0.05) is 6.08 Å². The Labute approximate surface area is 107 Å². The van der Waals surface area contributed by atoms with Gasteiger partial charge in [0, 0.05) is 0 Å². The van der Waals surface area contributed by atoms with Crippen LogP contribution in [0.2, 0.25) is 0 Å². The lowest BCUT2D eigenvalue weighted by atomic mass is 10.1. The number of hydrogen-bond acceptors (Lipinski definition) is 4. The second-order valence-corrected chi connectivity index (χ2v) is 3.54. The van der Waals surface area contributed by atoms with Crippen LogP contribution in [0.1, 0.15) is 0 Å². The number of carbonyl (C=O) groups is 1. The van der Waals surface area contributed by atoms with Crippen molar-refractivity contribution in [2.75, 3.05) is 13.2 Å². The number of carbonyl (C=O) groups excluding carboxylic acids is 1. The van der Waals surface area contributed by atoms with Crippen LogP contribution in [-0.2, 0) is 14.2 Å². The van der Waals surface area contributed by atoms with E-state index in [1.54, 1.807) is 0 Å². The molecule has 1 fully saturated rings. The minimum atomic E-state index is -6.09. The maximum Gasteiger partial charge on any atom is 0.511 e. The van der Waals surface area contributed by atoms with Gasteiger partial charge in [0.2, 0.25) is 0 Å². The summed E-state index contributed by atoms with van der Waals surface area (Å²) >= 11 is 0. The molecule has 116 valence electrons. The molecular formula is C9H7F7O4. The predicted molar refractivity (Wildman–Crippen MR) is 47.3 cm³/mol. The van der Waals surface area contributed by atoms with Gasteiger partial charge in [0.05, 0.1) is 6.61 Å². The fourth-order valence-electron chi connectivity index (χ4n) is 1.22. The number of hydrogen-bond donors (Lipinski definition) is 0. The Kier molecular flexibility index (Phi) is 4.52. The first kappa shape index (κ1) is 16.5. The van der Waals surface area contributed by atoms with Gasteiger partial charge in [-0.2, -0.15) is 22.0 Å². The normalized spacial score (nSPS) is 24.3. The Morgan fingerprint density at radius 1 is 1.30 bits per heavy atom. The Balaban J connectivity index is 2.91. The second-order valence-electron chi connectivity index (χ2n) is 3.54. The van der Waals surface area contributed by atoms with Crippen LogP contribution in [0.15, 0.2) is 12.2 Å². The highest BCUT2D eigenvalue weighted by Crippen LogP contribution is 2.48. The molecule has 1 unspecified atom stereocenters. The van der Waals surface area contributed by atoms with Gasteiger partial charge >= 0.3 is 24.0 Å². The van der Waals surface area contributed by atoms with E-state index in [1.165, 1.54) is 0 Å². The lowest BCUT2D eigenvalue weighted by Gasteiger charge is -2.33. The van der Waals surface area contributed by atoms with Crippen molar-refractivity contribution in [1.29, 1.82) is 0 Å². The van der Waals surface area contributed by atoms with Gasteiger partial charge in [-0.05, 0) is 6.08 Å². The smallest absolute Gasteiger partial charge is 0.427 e. The van der Waals surface area contributed by atoms with E-state index >= 15 is 0 Å². The molecule has 0 amide bonds. The summed E-state index contributed by atoms with van der Waals surface area (Å²) in [5.74, 6) is -9.32. The van der Waals surface area contributed by atoms with Crippen LogP contribution in [0.4, 0.5) is 35.5 Å². The average molecular weight is 312 g/mol. The van der Waals surface area contributed by atoms with Crippen LogP contribution in [0.3, 0.4) is 0 Å². The third-order valence-corrected chi connectivity index (χ3v) is 2.16. The molecule has 0 saturated carbocycles. The van der Waals surface area contributed by atoms with E-state index in [0.717, 1.165) is 0 Å². The van der Waals surface area contributed by atoms with Gasteiger partial charge in [-0.15, -0.1) is 0 Å². The monoisotopic (exact) mass is 312 g/mol. The van der Waals surface area contributed by atoms with Crippen molar-refractivity contribution >= 4 is 6.16 Å². The van der Waals surface area contributed by atoms with E-state index in [9.17, 15) is 35.5 Å². The van der Waals surface area contributed by atoms with Crippen molar-refractivity contribution in [3.8, 4) is 0 Å². The van der Waals surface area contributed by atoms with Crippen molar-refractivity contribution in [2.45, 2.75) is 24.3 Å². The fraction of sp³-hybridized carbons (Fsp3) is 0.667. The van der Waals surface area contributed by atoms with Gasteiger partial charge < -0.3 is 14.2 Å². The Morgan fingerprint density at radius 2 is 1.90 bits per heavy atom. The number of ether oxygens (including phenoxy) is 3. The zero-order chi connectivity index (χ0) is 15.6. The van der Waals surface area contributed by atoms with Crippen molar-refractivity contribution in [1.82, 2.24) is 0 Å².